The van der Waals surface area contributed by atoms with Crippen molar-refractivity contribution in [3.05, 3.63) is 68.3 Å². The molecule has 0 aliphatic rings. The zero-order chi connectivity index (χ0) is 13.8. The lowest BCUT2D eigenvalue weighted by Crippen LogP contribution is -2.02. The Labute approximate surface area is 128 Å². The highest BCUT2D eigenvalue weighted by molar-refractivity contribution is 14.1. The van der Waals surface area contributed by atoms with Gasteiger partial charge in [0, 0.05) is 3.57 Å². The monoisotopic (exact) mass is 366 g/mol. The summed E-state index contributed by atoms with van der Waals surface area (Å²) < 4.78 is 1.18. The first-order chi connectivity index (χ1) is 9.15. The lowest BCUT2D eigenvalue weighted by atomic mass is 9.95. The quantitative estimate of drug-likeness (QED) is 0.791. The van der Waals surface area contributed by atoms with Crippen LogP contribution in [0.1, 0.15) is 42.2 Å². The minimum atomic E-state index is -0.534. The molecule has 0 bridgehead atoms. The smallest absolute Gasteiger partial charge is 0.104 e. The molecule has 2 rings (SSSR count). The molecule has 19 heavy (non-hydrogen) atoms. The molecule has 0 fully saturated rings. The Balaban J connectivity index is 2.33. The summed E-state index contributed by atoms with van der Waals surface area (Å²) in [4.78, 5) is 0. The van der Waals surface area contributed by atoms with E-state index in [1.54, 1.807) is 0 Å². The lowest BCUT2D eigenvalue weighted by molar-refractivity contribution is 0.220. The van der Waals surface area contributed by atoms with Crippen LogP contribution in [0.15, 0.2) is 42.5 Å². The molecule has 2 aromatic rings. The third-order valence-corrected chi connectivity index (χ3v) is 4.21. The number of benzene rings is 2. The van der Waals surface area contributed by atoms with E-state index < -0.39 is 6.10 Å². The van der Waals surface area contributed by atoms with Crippen molar-refractivity contribution in [2.45, 2.75) is 32.8 Å². The summed E-state index contributed by atoms with van der Waals surface area (Å²) in [7, 11) is 0. The number of aliphatic hydroxyl groups excluding tert-OH is 1. The molecule has 0 saturated carbocycles. The molecule has 1 atom stereocenters. The number of hydrogen-bond donors (Lipinski definition) is 1. The van der Waals surface area contributed by atoms with Gasteiger partial charge in [-0.15, -0.1) is 0 Å². The first-order valence-corrected chi connectivity index (χ1v) is 7.78. The van der Waals surface area contributed by atoms with Crippen LogP contribution in [0.4, 0.5) is 0 Å². The van der Waals surface area contributed by atoms with E-state index in [0.717, 1.165) is 24.0 Å². The van der Waals surface area contributed by atoms with E-state index in [1.165, 1.54) is 14.7 Å². The number of hydrogen-bond acceptors (Lipinski definition) is 1. The fourth-order valence-corrected chi connectivity index (χ4v) is 2.69. The Morgan fingerprint density at radius 1 is 0.895 bits per heavy atom. The van der Waals surface area contributed by atoms with Crippen molar-refractivity contribution in [1.82, 2.24) is 0 Å². The van der Waals surface area contributed by atoms with Crippen molar-refractivity contribution in [2.24, 2.45) is 0 Å². The van der Waals surface area contributed by atoms with Crippen LogP contribution in [0.2, 0.25) is 0 Å². The van der Waals surface area contributed by atoms with Crippen molar-refractivity contribution in [1.29, 1.82) is 0 Å². The molecule has 2 aromatic carbocycles. The fraction of sp³-hybridized carbons (Fsp3) is 0.294. The minimum absolute atomic E-state index is 0.534. The van der Waals surface area contributed by atoms with Crippen molar-refractivity contribution in [2.75, 3.05) is 0 Å². The summed E-state index contributed by atoms with van der Waals surface area (Å²) in [5.74, 6) is 0. The van der Waals surface area contributed by atoms with Gasteiger partial charge in [0.1, 0.15) is 6.10 Å². The molecule has 1 unspecified atom stereocenters. The molecule has 0 aliphatic heterocycles. The topological polar surface area (TPSA) is 20.2 Å². The second kappa shape index (κ2) is 6.53. The minimum Gasteiger partial charge on any atom is -0.384 e. The Morgan fingerprint density at radius 2 is 1.47 bits per heavy atom. The highest BCUT2D eigenvalue weighted by Gasteiger charge is 2.11. The van der Waals surface area contributed by atoms with Crippen LogP contribution in [0.3, 0.4) is 0 Å². The van der Waals surface area contributed by atoms with Gasteiger partial charge in [-0.25, -0.2) is 0 Å². The Morgan fingerprint density at radius 3 is 2.05 bits per heavy atom. The Kier molecular flexibility index (Phi) is 4.99. The molecule has 0 aromatic heterocycles. The van der Waals surface area contributed by atoms with Crippen LogP contribution in [0, 0.1) is 3.57 Å². The van der Waals surface area contributed by atoms with Crippen molar-refractivity contribution in [3.8, 4) is 0 Å². The molecular formula is C17H19IO. The van der Waals surface area contributed by atoms with E-state index in [2.05, 4.69) is 48.6 Å². The maximum absolute atomic E-state index is 10.5. The average Bonchev–Trinajstić information content (AvgIpc) is 2.46. The largest absolute Gasteiger partial charge is 0.384 e. The Hall–Kier alpha value is -0.870. The van der Waals surface area contributed by atoms with Gasteiger partial charge in [-0.1, -0.05) is 44.2 Å². The summed E-state index contributed by atoms with van der Waals surface area (Å²) in [5, 5.41) is 10.5. The van der Waals surface area contributed by atoms with Crippen molar-refractivity contribution >= 4 is 22.6 Å². The molecular weight excluding hydrogens is 347 g/mol. The number of aryl methyl sites for hydroxylation is 2. The van der Waals surface area contributed by atoms with Crippen molar-refractivity contribution in [3.63, 3.8) is 0 Å². The maximum Gasteiger partial charge on any atom is 0.104 e. The second-order valence-corrected chi connectivity index (χ2v) is 5.93. The highest BCUT2D eigenvalue weighted by atomic mass is 127. The van der Waals surface area contributed by atoms with Gasteiger partial charge in [-0.3, -0.25) is 0 Å². The third kappa shape index (κ3) is 3.37. The average molecular weight is 366 g/mol. The van der Waals surface area contributed by atoms with Gasteiger partial charge in [-0.2, -0.15) is 0 Å². The predicted molar refractivity (Wildman–Crippen MR) is 88.4 cm³/mol. The van der Waals surface area contributed by atoms with Gasteiger partial charge in [0.2, 0.25) is 0 Å². The molecule has 0 aliphatic carbocycles. The van der Waals surface area contributed by atoms with Crippen LogP contribution >= 0.6 is 22.6 Å². The van der Waals surface area contributed by atoms with Gasteiger partial charge in [0.15, 0.2) is 0 Å². The van der Waals surface area contributed by atoms with Gasteiger partial charge < -0.3 is 5.11 Å². The van der Waals surface area contributed by atoms with Crippen LogP contribution in [-0.2, 0) is 12.8 Å². The van der Waals surface area contributed by atoms with Crippen molar-refractivity contribution < 1.29 is 5.11 Å². The molecule has 0 heterocycles. The SMILES string of the molecule is CCc1ccc(C(O)c2ccc(I)cc2)cc1CC. The zero-order valence-corrected chi connectivity index (χ0v) is 13.5. The van der Waals surface area contributed by atoms with Crippen LogP contribution < -0.4 is 0 Å². The molecule has 0 amide bonds. The molecule has 0 radical (unpaired) electrons. The maximum atomic E-state index is 10.5. The Bertz CT molecular complexity index is 546. The molecule has 100 valence electrons. The first-order valence-electron chi connectivity index (χ1n) is 6.71. The van der Waals surface area contributed by atoms with Gasteiger partial charge in [0.25, 0.3) is 0 Å². The van der Waals surface area contributed by atoms with E-state index >= 15 is 0 Å². The first kappa shape index (κ1) is 14.5. The predicted octanol–water partition coefficient (Wildman–Crippen LogP) is 4.50. The number of halogens is 1. The van der Waals surface area contributed by atoms with Gasteiger partial charge in [0.05, 0.1) is 0 Å². The number of aliphatic hydroxyl groups is 1. The second-order valence-electron chi connectivity index (χ2n) is 4.69. The van der Waals surface area contributed by atoms with Crippen LogP contribution in [0.25, 0.3) is 0 Å². The van der Waals surface area contributed by atoms with E-state index in [4.69, 9.17) is 0 Å². The summed E-state index contributed by atoms with van der Waals surface area (Å²) in [6.07, 6.45) is 1.52. The zero-order valence-electron chi connectivity index (χ0n) is 11.4. The summed E-state index contributed by atoms with van der Waals surface area (Å²) >= 11 is 2.27. The van der Waals surface area contributed by atoms with E-state index in [0.29, 0.717) is 0 Å². The molecule has 1 nitrogen and oxygen atoms in total. The van der Waals surface area contributed by atoms with Gasteiger partial charge >= 0.3 is 0 Å². The summed E-state index contributed by atoms with van der Waals surface area (Å²) in [6, 6.07) is 14.4. The van der Waals surface area contributed by atoms with E-state index in [1.807, 2.05) is 30.3 Å². The number of rotatable bonds is 4. The van der Waals surface area contributed by atoms with Gasteiger partial charge in [-0.05, 0) is 69.8 Å². The molecule has 0 saturated heterocycles. The lowest BCUT2D eigenvalue weighted by Gasteiger charge is -2.15. The molecule has 0 spiro atoms. The third-order valence-electron chi connectivity index (χ3n) is 3.49. The summed E-state index contributed by atoms with van der Waals surface area (Å²) in [6.45, 7) is 4.33. The molecule has 2 heteroatoms. The van der Waals surface area contributed by atoms with Crippen LogP contribution in [-0.4, -0.2) is 5.11 Å². The highest BCUT2D eigenvalue weighted by Crippen LogP contribution is 2.25. The van der Waals surface area contributed by atoms with Crippen LogP contribution in [0.5, 0.6) is 0 Å². The summed E-state index contributed by atoms with van der Waals surface area (Å²) in [5.41, 5.74) is 4.65. The standard InChI is InChI=1S/C17H19IO/c1-3-12-5-6-15(11-13(12)4-2)17(19)14-7-9-16(18)10-8-14/h5-11,17,19H,3-4H2,1-2H3. The van der Waals surface area contributed by atoms with E-state index in [-0.39, 0.29) is 0 Å². The fourth-order valence-electron chi connectivity index (χ4n) is 2.33. The normalized spacial score (nSPS) is 12.4. The molecule has 1 N–H and O–H groups in total. The van der Waals surface area contributed by atoms with E-state index in [9.17, 15) is 5.11 Å².